The van der Waals surface area contributed by atoms with Gasteiger partial charge in [0.1, 0.15) is 0 Å². The summed E-state index contributed by atoms with van der Waals surface area (Å²) in [6.45, 7) is 4.72. The van der Waals surface area contributed by atoms with Crippen LogP contribution in [0.3, 0.4) is 0 Å². The molecule has 1 rings (SSSR count). The van der Waals surface area contributed by atoms with Crippen molar-refractivity contribution in [2.24, 2.45) is 0 Å². The van der Waals surface area contributed by atoms with Crippen LogP contribution in [0.25, 0.3) is 0 Å². The number of aromatic nitrogens is 1. The summed E-state index contributed by atoms with van der Waals surface area (Å²) < 4.78 is 12.0. The van der Waals surface area contributed by atoms with Crippen molar-refractivity contribution in [1.29, 1.82) is 0 Å². The van der Waals surface area contributed by atoms with Crippen LogP contribution in [-0.4, -0.2) is 30.4 Å². The molecule has 0 saturated heterocycles. The molecule has 0 radical (unpaired) electrons. The van der Waals surface area contributed by atoms with Gasteiger partial charge in [-0.2, -0.15) is 0 Å². The van der Waals surface area contributed by atoms with Crippen LogP contribution >= 0.6 is 0 Å². The van der Waals surface area contributed by atoms with Crippen molar-refractivity contribution in [1.82, 2.24) is 4.98 Å². The van der Waals surface area contributed by atoms with Gasteiger partial charge in [-0.05, 0) is 13.8 Å². The minimum absolute atomic E-state index is 0.0153. The van der Waals surface area contributed by atoms with Crippen LogP contribution in [0.4, 0.5) is 5.69 Å². The largest absolute Gasteiger partial charge is 0.481 e. The second-order valence-corrected chi connectivity index (χ2v) is 6.41. The van der Waals surface area contributed by atoms with E-state index in [2.05, 4.69) is 4.98 Å². The van der Waals surface area contributed by atoms with Gasteiger partial charge in [0.2, 0.25) is 0 Å². The molecule has 0 aromatic carbocycles. The van der Waals surface area contributed by atoms with Crippen LogP contribution in [0.15, 0.2) is 6.20 Å². The van der Waals surface area contributed by atoms with Gasteiger partial charge in [0, 0.05) is 33.4 Å². The van der Waals surface area contributed by atoms with Crippen molar-refractivity contribution in [2.45, 2.75) is 38.2 Å². The fourth-order valence-corrected chi connectivity index (χ4v) is 2.98. The Hall–Kier alpha value is -1.83. The molecule has 0 amide bonds. The number of rotatable bonds is 6. The lowest BCUT2D eigenvalue weighted by molar-refractivity contribution is -0.386. The van der Waals surface area contributed by atoms with Crippen LogP contribution in [0.1, 0.15) is 30.2 Å². The van der Waals surface area contributed by atoms with Crippen LogP contribution in [0.2, 0.25) is 0 Å². The Morgan fingerprint density at radius 1 is 1.55 bits per heavy atom. The van der Waals surface area contributed by atoms with Crippen molar-refractivity contribution in [3.8, 4) is 0 Å². The minimum Gasteiger partial charge on any atom is -0.481 e. The molecule has 0 aliphatic carbocycles. The predicted molar refractivity (Wildman–Crippen MR) is 73.9 cm³/mol. The summed E-state index contributed by atoms with van der Waals surface area (Å²) in [7, 11) is -1.44. The van der Waals surface area contributed by atoms with Crippen molar-refractivity contribution in [2.75, 3.05) is 0 Å². The molecule has 0 spiro atoms. The summed E-state index contributed by atoms with van der Waals surface area (Å²) in [5, 5.41) is 19.1. The van der Waals surface area contributed by atoms with Crippen LogP contribution < -0.4 is 0 Å². The molecule has 1 aromatic heterocycles. The molecule has 0 fully saturated rings. The maximum absolute atomic E-state index is 12.0. The summed E-state index contributed by atoms with van der Waals surface area (Å²) in [6.07, 6.45) is 1.17. The predicted octanol–water partition coefficient (Wildman–Crippen LogP) is 1.72. The Morgan fingerprint density at radius 2 is 2.15 bits per heavy atom. The van der Waals surface area contributed by atoms with Crippen LogP contribution in [0, 0.1) is 24.0 Å². The van der Waals surface area contributed by atoms with E-state index in [-0.39, 0.29) is 17.9 Å². The summed E-state index contributed by atoms with van der Waals surface area (Å²) in [6, 6.07) is 0. The lowest BCUT2D eigenvalue weighted by Crippen LogP contribution is -2.18. The highest BCUT2D eigenvalue weighted by atomic mass is 32.2. The number of carboxylic acid groups (broad SMARTS) is 1. The molecule has 20 heavy (non-hydrogen) atoms. The third kappa shape index (κ3) is 3.83. The van der Waals surface area contributed by atoms with Gasteiger partial charge < -0.3 is 5.11 Å². The van der Waals surface area contributed by atoms with Gasteiger partial charge in [-0.3, -0.25) is 24.1 Å². The van der Waals surface area contributed by atoms with Gasteiger partial charge in [-0.1, -0.05) is 6.92 Å². The fraction of sp³-hybridized carbons (Fsp3) is 0.500. The zero-order valence-corrected chi connectivity index (χ0v) is 12.3. The van der Waals surface area contributed by atoms with E-state index in [1.54, 1.807) is 20.8 Å². The van der Waals surface area contributed by atoms with E-state index in [0.29, 0.717) is 16.8 Å². The Bertz CT molecular complexity index is 573. The molecule has 1 N–H and O–H groups in total. The van der Waals surface area contributed by atoms with Gasteiger partial charge >= 0.3 is 5.97 Å². The normalized spacial score (nSPS) is 13.8. The summed E-state index contributed by atoms with van der Waals surface area (Å²) in [4.78, 5) is 25.2. The molecule has 0 saturated carbocycles. The molecule has 7 nitrogen and oxygen atoms in total. The average Bonchev–Trinajstić information content (AvgIpc) is 2.31. The van der Waals surface area contributed by atoms with Gasteiger partial charge in [0.05, 0.1) is 22.8 Å². The molecule has 0 aliphatic rings. The van der Waals surface area contributed by atoms with E-state index in [1.165, 1.54) is 6.20 Å². The monoisotopic (exact) mass is 300 g/mol. The fourth-order valence-electron chi connectivity index (χ4n) is 1.81. The van der Waals surface area contributed by atoms with E-state index >= 15 is 0 Å². The number of nitro groups is 1. The van der Waals surface area contributed by atoms with E-state index in [0.717, 1.165) is 0 Å². The van der Waals surface area contributed by atoms with Gasteiger partial charge in [0.15, 0.2) is 0 Å². The van der Waals surface area contributed by atoms with Gasteiger partial charge in [0.25, 0.3) is 5.69 Å². The number of aryl methyl sites for hydroxylation is 1. The first-order chi connectivity index (χ1) is 9.23. The maximum Gasteiger partial charge on any atom is 0.304 e. The lowest BCUT2D eigenvalue weighted by Gasteiger charge is -2.11. The minimum atomic E-state index is -1.44. The molecule has 1 heterocycles. The van der Waals surface area contributed by atoms with Crippen molar-refractivity contribution < 1.29 is 19.0 Å². The summed E-state index contributed by atoms with van der Waals surface area (Å²) >= 11 is 0. The Kier molecular flexibility index (Phi) is 5.32. The van der Waals surface area contributed by atoms with E-state index in [9.17, 15) is 19.1 Å². The van der Waals surface area contributed by atoms with E-state index in [1.807, 2.05) is 0 Å². The Morgan fingerprint density at radius 3 is 2.65 bits per heavy atom. The standard InChI is InChI=1S/C12H16N2O5S/c1-7-5-13-10(9(3)12(7)14(17)18)6-20(19)8(2)4-11(15)16/h5,8H,4,6H2,1-3H3,(H,15,16). The maximum atomic E-state index is 12.0. The molecule has 110 valence electrons. The van der Waals surface area contributed by atoms with E-state index in [4.69, 9.17) is 5.11 Å². The molecular weight excluding hydrogens is 284 g/mol. The number of aliphatic carboxylic acids is 1. The smallest absolute Gasteiger partial charge is 0.304 e. The number of hydrogen-bond donors (Lipinski definition) is 1. The van der Waals surface area contributed by atoms with Gasteiger partial charge in [-0.25, -0.2) is 0 Å². The molecular formula is C12H16N2O5S. The molecule has 0 bridgehead atoms. The summed E-state index contributed by atoms with van der Waals surface area (Å²) in [5.41, 5.74) is 1.17. The molecule has 1 aromatic rings. The van der Waals surface area contributed by atoms with Crippen LogP contribution in [-0.2, 0) is 21.3 Å². The SMILES string of the molecule is Cc1cnc(CS(=O)C(C)CC(=O)O)c(C)c1[N+](=O)[O-]. The van der Waals surface area contributed by atoms with Crippen molar-refractivity contribution in [3.63, 3.8) is 0 Å². The average molecular weight is 300 g/mol. The van der Waals surface area contributed by atoms with Gasteiger partial charge in [-0.15, -0.1) is 0 Å². The number of carbonyl (C=O) groups is 1. The number of carboxylic acids is 1. The van der Waals surface area contributed by atoms with E-state index < -0.39 is 26.9 Å². The third-order valence-electron chi connectivity index (χ3n) is 2.95. The highest BCUT2D eigenvalue weighted by molar-refractivity contribution is 7.84. The second kappa shape index (κ2) is 6.56. The van der Waals surface area contributed by atoms with Crippen molar-refractivity contribution >= 4 is 22.5 Å². The zero-order chi connectivity index (χ0) is 15.4. The first-order valence-corrected chi connectivity index (χ1v) is 7.30. The zero-order valence-electron chi connectivity index (χ0n) is 11.5. The first kappa shape index (κ1) is 16.2. The first-order valence-electron chi connectivity index (χ1n) is 5.92. The number of hydrogen-bond acceptors (Lipinski definition) is 5. The highest BCUT2D eigenvalue weighted by Gasteiger charge is 2.22. The Balaban J connectivity index is 2.99. The number of pyridine rings is 1. The topological polar surface area (TPSA) is 110 Å². The number of nitrogens with zero attached hydrogens (tertiary/aromatic N) is 2. The highest BCUT2D eigenvalue weighted by Crippen LogP contribution is 2.25. The van der Waals surface area contributed by atoms with Crippen molar-refractivity contribution in [3.05, 3.63) is 33.1 Å². The second-order valence-electron chi connectivity index (χ2n) is 4.55. The molecule has 0 aliphatic heterocycles. The lowest BCUT2D eigenvalue weighted by atomic mass is 10.1. The molecule has 8 heteroatoms. The molecule has 2 unspecified atom stereocenters. The van der Waals surface area contributed by atoms with Crippen LogP contribution in [0.5, 0.6) is 0 Å². The molecule has 2 atom stereocenters. The third-order valence-corrected chi connectivity index (χ3v) is 4.57. The quantitative estimate of drug-likeness (QED) is 0.632. The summed E-state index contributed by atoms with van der Waals surface area (Å²) in [5.74, 6) is -1.01. The Labute approximate surface area is 118 Å².